The van der Waals surface area contributed by atoms with Crippen molar-refractivity contribution < 1.29 is 32.6 Å². The van der Waals surface area contributed by atoms with E-state index in [9.17, 15) is 32.7 Å². The van der Waals surface area contributed by atoms with Crippen LogP contribution in [0.1, 0.15) is 10.4 Å². The molecule has 0 aliphatic carbocycles. The van der Waals surface area contributed by atoms with Gasteiger partial charge in [0.1, 0.15) is 22.9 Å². The third-order valence-corrected chi connectivity index (χ3v) is 6.35. The molecule has 0 fully saturated rings. The zero-order valence-electron chi connectivity index (χ0n) is 19.3. The second-order valence-corrected chi connectivity index (χ2v) is 9.09. The second-order valence-electron chi connectivity index (χ2n) is 7.41. The number of hydrogen-bond donors (Lipinski definition) is 3. The lowest BCUT2D eigenvalue weighted by Crippen LogP contribution is -2.38. The fourth-order valence-electron chi connectivity index (χ4n) is 2.96. The molecule has 0 radical (unpaired) electrons. The molecule has 0 aliphatic heterocycles. The maximum Gasteiger partial charge on any atom is 0.342 e. The first-order chi connectivity index (χ1) is 16.9. The lowest BCUT2D eigenvalue weighted by Gasteiger charge is -2.12. The molecule has 0 bridgehead atoms. The summed E-state index contributed by atoms with van der Waals surface area (Å²) in [5, 5.41) is 12.3. The highest BCUT2D eigenvalue weighted by Gasteiger charge is 2.21. The number of nitrogens with one attached hydrogen (secondary N) is 2. The van der Waals surface area contributed by atoms with Crippen LogP contribution in [0, 0.1) is 0 Å². The number of phenolic OH excluding ortho intramolecular Hbond substituents is 1. The van der Waals surface area contributed by atoms with Crippen molar-refractivity contribution in [2.45, 2.75) is 4.90 Å². The summed E-state index contributed by atoms with van der Waals surface area (Å²) in [4.78, 5) is 48.0. The van der Waals surface area contributed by atoms with Crippen molar-refractivity contribution >= 4 is 33.4 Å². The number of carbonyl (C=O) groups excluding carboxylic acids is 2. The highest BCUT2D eigenvalue weighted by Crippen LogP contribution is 2.24. The minimum Gasteiger partial charge on any atom is -0.507 e. The number of ether oxygens (including phenoxy) is 2. The van der Waals surface area contributed by atoms with Crippen molar-refractivity contribution in [3.8, 4) is 11.5 Å². The summed E-state index contributed by atoms with van der Waals surface area (Å²) in [6.07, 6.45) is 0. The fraction of sp³-hybridized carbons (Fsp3) is 0.182. The van der Waals surface area contributed by atoms with Crippen molar-refractivity contribution in [1.29, 1.82) is 0 Å². The molecule has 36 heavy (non-hydrogen) atoms. The van der Waals surface area contributed by atoms with Crippen molar-refractivity contribution in [3.63, 3.8) is 0 Å². The van der Waals surface area contributed by atoms with E-state index in [-0.39, 0.29) is 16.4 Å². The van der Waals surface area contributed by atoms with Gasteiger partial charge in [-0.25, -0.2) is 18.0 Å². The van der Waals surface area contributed by atoms with E-state index in [2.05, 4.69) is 10.0 Å². The Morgan fingerprint density at radius 1 is 1.00 bits per heavy atom. The van der Waals surface area contributed by atoms with E-state index in [0.717, 1.165) is 33.4 Å². The molecule has 3 rings (SSSR count). The Bertz CT molecular complexity index is 1540. The molecule has 1 aromatic heterocycles. The van der Waals surface area contributed by atoms with Gasteiger partial charge in [-0.1, -0.05) is 0 Å². The standard InChI is InChI=1S/C22H22N4O9S/c1-25-18(11-20(29)26(2)22(25)31)23-19(28)12-35-21(30)16-10-15(8-9-17(16)27)36(32,33)24-13-4-6-14(34-3)7-5-13/h4-11,24,27H,12H2,1-3H3,(H,23,28). The fourth-order valence-corrected chi connectivity index (χ4v) is 4.04. The minimum atomic E-state index is -4.15. The molecule has 1 heterocycles. The molecule has 0 spiro atoms. The van der Waals surface area contributed by atoms with Crippen LogP contribution in [0.2, 0.25) is 0 Å². The van der Waals surface area contributed by atoms with E-state index in [0.29, 0.717) is 5.75 Å². The zero-order valence-corrected chi connectivity index (χ0v) is 20.2. The number of nitrogens with zero attached hydrogens (tertiary/aromatic N) is 2. The Hall–Kier alpha value is -4.59. The summed E-state index contributed by atoms with van der Waals surface area (Å²) in [7, 11) is -0.0866. The van der Waals surface area contributed by atoms with Crippen LogP contribution in [0.15, 0.2) is 63.0 Å². The quantitative estimate of drug-likeness (QED) is 0.356. The van der Waals surface area contributed by atoms with Gasteiger partial charge in [-0.15, -0.1) is 0 Å². The van der Waals surface area contributed by atoms with Crippen LogP contribution in [0.4, 0.5) is 11.5 Å². The summed E-state index contributed by atoms with van der Waals surface area (Å²) in [6, 6.07) is 10.0. The van der Waals surface area contributed by atoms with Gasteiger partial charge in [0, 0.05) is 25.8 Å². The highest BCUT2D eigenvalue weighted by molar-refractivity contribution is 7.92. The number of anilines is 2. The van der Waals surface area contributed by atoms with E-state index in [1.807, 2.05) is 0 Å². The molecule has 0 atom stereocenters. The van der Waals surface area contributed by atoms with Gasteiger partial charge < -0.3 is 19.9 Å². The van der Waals surface area contributed by atoms with Crippen molar-refractivity contribution in [1.82, 2.24) is 9.13 Å². The lowest BCUT2D eigenvalue weighted by molar-refractivity contribution is -0.119. The van der Waals surface area contributed by atoms with Crippen LogP contribution in [0.5, 0.6) is 11.5 Å². The minimum absolute atomic E-state index is 0.121. The average molecular weight is 519 g/mol. The number of amides is 1. The number of aromatic hydroxyl groups is 1. The maximum atomic E-state index is 12.7. The van der Waals surface area contributed by atoms with E-state index in [1.54, 1.807) is 12.1 Å². The van der Waals surface area contributed by atoms with Crippen molar-refractivity contribution in [2.24, 2.45) is 14.1 Å². The van der Waals surface area contributed by atoms with Crippen molar-refractivity contribution in [2.75, 3.05) is 23.8 Å². The second kappa shape index (κ2) is 10.4. The Labute approximate surface area is 204 Å². The highest BCUT2D eigenvalue weighted by atomic mass is 32.2. The number of esters is 1. The van der Waals surface area contributed by atoms with Gasteiger partial charge in [0.15, 0.2) is 6.61 Å². The predicted octanol–water partition coefficient (Wildman–Crippen LogP) is 0.394. The van der Waals surface area contributed by atoms with E-state index < -0.39 is 51.1 Å². The number of phenols is 1. The molecular weight excluding hydrogens is 496 g/mol. The lowest BCUT2D eigenvalue weighted by atomic mass is 10.2. The van der Waals surface area contributed by atoms with Gasteiger partial charge in [0.25, 0.3) is 21.5 Å². The average Bonchev–Trinajstić information content (AvgIpc) is 2.85. The SMILES string of the molecule is COc1ccc(NS(=O)(=O)c2ccc(O)c(C(=O)OCC(=O)Nc3cc(=O)n(C)c(=O)n3C)c2)cc1. The van der Waals surface area contributed by atoms with Crippen LogP contribution in [0.3, 0.4) is 0 Å². The van der Waals surface area contributed by atoms with E-state index in [1.165, 1.54) is 33.3 Å². The molecular formula is C22H22N4O9S. The van der Waals surface area contributed by atoms with Gasteiger partial charge in [-0.2, -0.15) is 0 Å². The topological polar surface area (TPSA) is 175 Å². The maximum absolute atomic E-state index is 12.7. The Morgan fingerprint density at radius 2 is 1.67 bits per heavy atom. The number of aromatic nitrogens is 2. The molecule has 2 aromatic carbocycles. The van der Waals surface area contributed by atoms with Gasteiger partial charge in [0.2, 0.25) is 0 Å². The van der Waals surface area contributed by atoms with Crippen LogP contribution in [-0.2, 0) is 33.7 Å². The first kappa shape index (κ1) is 26.0. The van der Waals surface area contributed by atoms with Crippen LogP contribution in [0.25, 0.3) is 0 Å². The first-order valence-corrected chi connectivity index (χ1v) is 11.6. The zero-order chi connectivity index (χ0) is 26.6. The number of methoxy groups -OCH3 is 1. The van der Waals surface area contributed by atoms with Gasteiger partial charge in [-0.3, -0.25) is 23.4 Å². The number of benzene rings is 2. The molecule has 3 N–H and O–H groups in total. The molecule has 0 saturated heterocycles. The Kier molecular flexibility index (Phi) is 7.48. The molecule has 14 heteroatoms. The summed E-state index contributed by atoms with van der Waals surface area (Å²) < 4.78 is 39.5. The number of carbonyl (C=O) groups is 2. The van der Waals surface area contributed by atoms with Gasteiger partial charge in [0.05, 0.1) is 12.0 Å². The molecule has 1 amide bonds. The monoisotopic (exact) mass is 518 g/mol. The molecule has 0 unspecified atom stereocenters. The Balaban J connectivity index is 1.72. The molecule has 0 aliphatic rings. The largest absolute Gasteiger partial charge is 0.507 e. The summed E-state index contributed by atoms with van der Waals surface area (Å²) in [5.74, 6) is -2.23. The summed E-state index contributed by atoms with van der Waals surface area (Å²) >= 11 is 0. The number of hydrogen-bond acceptors (Lipinski definition) is 9. The van der Waals surface area contributed by atoms with Gasteiger partial charge in [-0.05, 0) is 42.5 Å². The van der Waals surface area contributed by atoms with Gasteiger partial charge >= 0.3 is 11.7 Å². The van der Waals surface area contributed by atoms with E-state index >= 15 is 0 Å². The predicted molar refractivity (Wildman–Crippen MR) is 128 cm³/mol. The number of rotatable bonds is 8. The third kappa shape index (κ3) is 5.72. The smallest absolute Gasteiger partial charge is 0.342 e. The first-order valence-electron chi connectivity index (χ1n) is 10.2. The molecule has 190 valence electrons. The molecule has 13 nitrogen and oxygen atoms in total. The van der Waals surface area contributed by atoms with Crippen LogP contribution < -0.4 is 26.0 Å². The van der Waals surface area contributed by atoms with Crippen LogP contribution in [-0.4, -0.2) is 48.3 Å². The van der Waals surface area contributed by atoms with E-state index in [4.69, 9.17) is 9.47 Å². The summed E-state index contributed by atoms with van der Waals surface area (Å²) in [5.41, 5.74) is -1.60. The molecule has 0 saturated carbocycles. The molecule has 3 aromatic rings. The summed E-state index contributed by atoms with van der Waals surface area (Å²) in [6.45, 7) is -0.844. The van der Waals surface area contributed by atoms with Crippen molar-refractivity contribution in [3.05, 3.63) is 74.9 Å². The van der Waals surface area contributed by atoms with Crippen LogP contribution >= 0.6 is 0 Å². The Morgan fingerprint density at radius 3 is 2.31 bits per heavy atom. The normalized spacial score (nSPS) is 11.0. The number of sulfonamides is 1. The third-order valence-electron chi connectivity index (χ3n) is 4.97.